The molecule has 1 unspecified atom stereocenters. The highest BCUT2D eigenvalue weighted by atomic mass is 35.5. The van der Waals surface area contributed by atoms with E-state index in [1.807, 2.05) is 12.1 Å². The van der Waals surface area contributed by atoms with Crippen LogP contribution in [0.15, 0.2) is 53.6 Å². The van der Waals surface area contributed by atoms with Crippen molar-refractivity contribution in [2.24, 2.45) is 5.92 Å². The number of methoxy groups -OCH3 is 1. The summed E-state index contributed by atoms with van der Waals surface area (Å²) in [6, 6.07) is 9.63. The number of hydrogen-bond acceptors (Lipinski definition) is 6. The van der Waals surface area contributed by atoms with Gasteiger partial charge in [-0.3, -0.25) is 24.0 Å². The third-order valence-corrected chi connectivity index (χ3v) is 6.57. The number of ether oxygens (including phenoxy) is 1. The van der Waals surface area contributed by atoms with Crippen molar-refractivity contribution in [1.29, 1.82) is 0 Å². The Bertz CT molecular complexity index is 1260. The zero-order valence-corrected chi connectivity index (χ0v) is 19.7. The lowest BCUT2D eigenvalue weighted by atomic mass is 10.1. The fourth-order valence-corrected chi connectivity index (χ4v) is 4.55. The average molecular weight is 480 g/mol. The van der Waals surface area contributed by atoms with Crippen molar-refractivity contribution in [2.75, 3.05) is 26.7 Å². The van der Waals surface area contributed by atoms with E-state index < -0.39 is 6.04 Å². The summed E-state index contributed by atoms with van der Waals surface area (Å²) >= 11 is 6.08. The maximum Gasteiger partial charge on any atom is 0.255 e. The van der Waals surface area contributed by atoms with E-state index >= 15 is 0 Å². The van der Waals surface area contributed by atoms with Gasteiger partial charge in [-0.15, -0.1) is 0 Å². The van der Waals surface area contributed by atoms with Crippen LogP contribution in [0.5, 0.6) is 5.75 Å². The minimum absolute atomic E-state index is 0.131. The van der Waals surface area contributed by atoms with Gasteiger partial charge in [0.05, 0.1) is 18.4 Å². The molecule has 1 fully saturated rings. The fraction of sp³-hybridized carbons (Fsp3) is 0.360. The number of benzene rings is 1. The highest BCUT2D eigenvalue weighted by Gasteiger charge is 2.31. The van der Waals surface area contributed by atoms with E-state index in [0.29, 0.717) is 46.9 Å². The number of halogens is 1. The zero-order valence-electron chi connectivity index (χ0n) is 18.9. The van der Waals surface area contributed by atoms with Gasteiger partial charge in [0.1, 0.15) is 17.6 Å². The summed E-state index contributed by atoms with van der Waals surface area (Å²) in [6.45, 7) is 2.79. The Morgan fingerprint density at radius 2 is 1.97 bits per heavy atom. The van der Waals surface area contributed by atoms with Crippen LogP contribution in [0.2, 0.25) is 5.02 Å². The van der Waals surface area contributed by atoms with Crippen LogP contribution in [0.4, 0.5) is 0 Å². The van der Waals surface area contributed by atoms with Crippen LogP contribution in [0, 0.1) is 5.92 Å². The van der Waals surface area contributed by atoms with E-state index in [9.17, 15) is 9.59 Å². The van der Waals surface area contributed by atoms with Gasteiger partial charge in [0.25, 0.3) is 11.5 Å². The first-order valence-electron chi connectivity index (χ1n) is 11.4. The van der Waals surface area contributed by atoms with E-state index in [-0.39, 0.29) is 11.5 Å². The number of fused-ring (bicyclic) bond motifs is 1. The molecular formula is C25H26ClN5O3. The monoisotopic (exact) mass is 479 g/mol. The molecule has 2 aromatic heterocycles. The predicted octanol–water partition coefficient (Wildman–Crippen LogP) is 3.16. The van der Waals surface area contributed by atoms with Gasteiger partial charge in [-0.2, -0.15) is 0 Å². The second-order valence-electron chi connectivity index (χ2n) is 8.80. The largest absolute Gasteiger partial charge is 0.496 e. The van der Waals surface area contributed by atoms with Crippen molar-refractivity contribution in [1.82, 2.24) is 24.8 Å². The molecule has 0 bridgehead atoms. The van der Waals surface area contributed by atoms with Crippen molar-refractivity contribution >= 4 is 17.5 Å². The smallest absolute Gasteiger partial charge is 0.255 e. The third kappa shape index (κ3) is 4.83. The van der Waals surface area contributed by atoms with Crippen molar-refractivity contribution in [3.05, 3.63) is 75.6 Å². The highest BCUT2D eigenvalue weighted by Crippen LogP contribution is 2.31. The van der Waals surface area contributed by atoms with E-state index in [0.717, 1.165) is 18.7 Å². The molecule has 0 saturated heterocycles. The van der Waals surface area contributed by atoms with Crippen molar-refractivity contribution in [2.45, 2.75) is 25.4 Å². The van der Waals surface area contributed by atoms with Crippen molar-refractivity contribution in [3.63, 3.8) is 0 Å². The van der Waals surface area contributed by atoms with E-state index in [4.69, 9.17) is 21.3 Å². The molecule has 176 valence electrons. The molecule has 1 aromatic carbocycles. The second-order valence-corrected chi connectivity index (χ2v) is 9.24. The maximum absolute atomic E-state index is 13.3. The molecule has 5 rings (SSSR count). The summed E-state index contributed by atoms with van der Waals surface area (Å²) in [4.78, 5) is 37.7. The lowest BCUT2D eigenvalue weighted by Gasteiger charge is -2.25. The molecule has 1 atom stereocenters. The molecule has 2 aliphatic rings. The molecule has 0 radical (unpaired) electrons. The lowest BCUT2D eigenvalue weighted by Crippen LogP contribution is -2.39. The summed E-state index contributed by atoms with van der Waals surface area (Å²) in [5.74, 6) is 1.33. The van der Waals surface area contributed by atoms with Gasteiger partial charge in [-0.25, -0.2) is 4.98 Å². The SMILES string of the molecule is COc1cc(Cl)ccc1C(=O)NC1CN(CC2CC2)CCn2c1nc(-c1ccncc1)cc2=O. The molecule has 9 heteroatoms. The number of amides is 1. The number of carbonyl (C=O) groups is 1. The number of rotatable bonds is 6. The maximum atomic E-state index is 13.3. The average Bonchev–Trinajstić information content (AvgIpc) is 3.67. The minimum atomic E-state index is -0.469. The Hall–Kier alpha value is -3.23. The molecule has 0 spiro atoms. The van der Waals surface area contributed by atoms with Crippen molar-refractivity contribution < 1.29 is 9.53 Å². The van der Waals surface area contributed by atoms with Crippen LogP contribution in [0.25, 0.3) is 11.3 Å². The normalized spacial score (nSPS) is 18.1. The Labute approximate surface area is 202 Å². The topological polar surface area (TPSA) is 89.3 Å². The Morgan fingerprint density at radius 1 is 1.18 bits per heavy atom. The first kappa shape index (κ1) is 22.6. The zero-order chi connectivity index (χ0) is 23.7. The summed E-state index contributed by atoms with van der Waals surface area (Å²) in [6.07, 6.45) is 5.80. The summed E-state index contributed by atoms with van der Waals surface area (Å²) in [5, 5.41) is 3.60. The molecule has 1 aliphatic heterocycles. The highest BCUT2D eigenvalue weighted by molar-refractivity contribution is 6.30. The first-order chi connectivity index (χ1) is 16.5. The van der Waals surface area contributed by atoms with E-state index in [1.165, 1.54) is 20.0 Å². The van der Waals surface area contributed by atoms with E-state index in [1.54, 1.807) is 41.2 Å². The van der Waals surface area contributed by atoms with Crippen LogP contribution in [0.1, 0.15) is 35.1 Å². The second kappa shape index (κ2) is 9.56. The van der Waals surface area contributed by atoms with Gasteiger partial charge in [-0.05, 0) is 49.1 Å². The molecule has 3 aromatic rings. The molecule has 1 saturated carbocycles. The van der Waals surface area contributed by atoms with Crippen LogP contribution in [-0.4, -0.2) is 52.1 Å². The van der Waals surface area contributed by atoms with Gasteiger partial charge in [-0.1, -0.05) is 11.6 Å². The third-order valence-electron chi connectivity index (χ3n) is 6.33. The number of carbonyl (C=O) groups excluding carboxylic acids is 1. The molecule has 3 heterocycles. The number of pyridine rings is 1. The molecule has 1 N–H and O–H groups in total. The van der Waals surface area contributed by atoms with Crippen LogP contribution < -0.4 is 15.6 Å². The van der Waals surface area contributed by atoms with Crippen LogP contribution in [-0.2, 0) is 6.54 Å². The number of hydrogen-bond donors (Lipinski definition) is 1. The standard InChI is InChI=1S/C25H26ClN5O3/c1-34-22-12-18(26)4-5-19(22)25(33)29-21-15-30(14-16-2-3-16)10-11-31-23(32)13-20(28-24(21)31)17-6-8-27-9-7-17/h4-9,12-13,16,21H,2-3,10-11,14-15H2,1H3,(H,29,33). The Balaban J connectivity index is 1.52. The van der Waals surface area contributed by atoms with E-state index in [2.05, 4.69) is 15.2 Å². The van der Waals surface area contributed by atoms with Gasteiger partial charge in [0.15, 0.2) is 0 Å². The van der Waals surface area contributed by atoms with Gasteiger partial charge in [0.2, 0.25) is 0 Å². The Kier molecular flexibility index (Phi) is 6.34. The fourth-order valence-electron chi connectivity index (χ4n) is 4.39. The number of aromatic nitrogens is 3. The quantitative estimate of drug-likeness (QED) is 0.584. The predicted molar refractivity (Wildman–Crippen MR) is 129 cm³/mol. The van der Waals surface area contributed by atoms with Gasteiger partial charge in [0, 0.05) is 55.2 Å². The number of nitrogens with one attached hydrogen (secondary N) is 1. The van der Waals surface area contributed by atoms with Gasteiger partial charge >= 0.3 is 0 Å². The molecule has 1 amide bonds. The molecule has 1 aliphatic carbocycles. The summed E-state index contributed by atoms with van der Waals surface area (Å²) in [7, 11) is 1.50. The minimum Gasteiger partial charge on any atom is -0.496 e. The van der Waals surface area contributed by atoms with Crippen LogP contribution in [0.3, 0.4) is 0 Å². The van der Waals surface area contributed by atoms with Crippen molar-refractivity contribution in [3.8, 4) is 17.0 Å². The summed E-state index contributed by atoms with van der Waals surface area (Å²) < 4.78 is 7.06. The molecule has 34 heavy (non-hydrogen) atoms. The first-order valence-corrected chi connectivity index (χ1v) is 11.8. The van der Waals surface area contributed by atoms with Gasteiger partial charge < -0.3 is 10.1 Å². The summed E-state index contributed by atoms with van der Waals surface area (Å²) in [5.41, 5.74) is 1.62. The molecule has 8 nitrogen and oxygen atoms in total. The van der Waals surface area contributed by atoms with Crippen LogP contribution >= 0.6 is 11.6 Å². The molecular weight excluding hydrogens is 454 g/mol. The number of nitrogens with zero attached hydrogens (tertiary/aromatic N) is 4. The Morgan fingerprint density at radius 3 is 2.71 bits per heavy atom. The lowest BCUT2D eigenvalue weighted by molar-refractivity contribution is 0.0920.